The predicted octanol–water partition coefficient (Wildman–Crippen LogP) is 2.53. The van der Waals surface area contributed by atoms with Gasteiger partial charge in [-0.2, -0.15) is 9.67 Å². The Kier molecular flexibility index (Phi) is 4.03. The molecule has 0 unspecified atom stereocenters. The van der Waals surface area contributed by atoms with Gasteiger partial charge in [0.2, 0.25) is 0 Å². The molecule has 0 saturated heterocycles. The number of aromatic nitrogens is 5. The maximum Gasteiger partial charge on any atom is 0.306 e. The second-order valence-corrected chi connectivity index (χ2v) is 5.48. The maximum absolute atomic E-state index is 13.1. The molecule has 4 aromatic rings. The van der Waals surface area contributed by atoms with E-state index in [-0.39, 0.29) is 23.7 Å². The Balaban J connectivity index is 1.99. The van der Waals surface area contributed by atoms with Crippen molar-refractivity contribution in [1.29, 1.82) is 0 Å². The van der Waals surface area contributed by atoms with E-state index in [2.05, 4.69) is 21.9 Å². The average molecular weight is 345 g/mol. The van der Waals surface area contributed by atoms with Gasteiger partial charge in [0.05, 0.1) is 11.4 Å². The van der Waals surface area contributed by atoms with E-state index in [0.29, 0.717) is 11.3 Å². The lowest BCUT2D eigenvalue weighted by Gasteiger charge is -2.12. The third kappa shape index (κ3) is 2.65. The fourth-order valence-corrected chi connectivity index (χ4v) is 2.63. The third-order valence-electron chi connectivity index (χ3n) is 3.79. The van der Waals surface area contributed by atoms with E-state index in [9.17, 15) is 4.79 Å². The van der Waals surface area contributed by atoms with Crippen molar-refractivity contribution in [1.82, 2.24) is 24.5 Å². The molecule has 4 rings (SSSR count). The van der Waals surface area contributed by atoms with Gasteiger partial charge in [-0.3, -0.25) is 4.79 Å². The van der Waals surface area contributed by atoms with Crippen LogP contribution in [0.5, 0.6) is 6.01 Å². The smallest absolute Gasteiger partial charge is 0.306 e. The largest absolute Gasteiger partial charge is 0.460 e. The Morgan fingerprint density at radius 2 is 1.65 bits per heavy atom. The Bertz CT molecular complexity index is 1120. The minimum atomic E-state index is -0.345. The lowest BCUT2D eigenvalue weighted by Crippen LogP contribution is -2.22. The molecule has 0 aliphatic rings. The van der Waals surface area contributed by atoms with Crippen molar-refractivity contribution in [2.24, 2.45) is 0 Å². The highest BCUT2D eigenvalue weighted by atomic mass is 16.5. The highest BCUT2D eigenvalue weighted by Gasteiger charge is 2.19. The molecule has 7 nitrogen and oxygen atoms in total. The average Bonchev–Trinajstić information content (AvgIpc) is 3.12. The minimum Gasteiger partial charge on any atom is -0.460 e. The summed E-state index contributed by atoms with van der Waals surface area (Å²) < 4.78 is 8.56. The van der Waals surface area contributed by atoms with Gasteiger partial charge in [0, 0.05) is 0 Å². The van der Waals surface area contributed by atoms with Crippen molar-refractivity contribution in [3.63, 3.8) is 0 Å². The first-order chi connectivity index (χ1) is 12.8. The van der Waals surface area contributed by atoms with Crippen molar-refractivity contribution in [3.05, 3.63) is 83.7 Å². The molecule has 26 heavy (non-hydrogen) atoms. The summed E-state index contributed by atoms with van der Waals surface area (Å²) >= 11 is 0. The lowest BCUT2D eigenvalue weighted by molar-refractivity contribution is 0.323. The molecule has 7 heteroatoms. The van der Waals surface area contributed by atoms with Crippen molar-refractivity contribution in [3.8, 4) is 17.4 Å². The van der Waals surface area contributed by atoms with E-state index < -0.39 is 0 Å². The van der Waals surface area contributed by atoms with Gasteiger partial charge >= 0.3 is 6.01 Å². The molecule has 0 saturated carbocycles. The molecule has 2 aromatic heterocycles. The number of hydrogen-bond donors (Lipinski definition) is 0. The highest BCUT2D eigenvalue weighted by molar-refractivity contribution is 5.71. The second kappa shape index (κ2) is 6.64. The zero-order valence-electron chi connectivity index (χ0n) is 13.8. The van der Waals surface area contributed by atoms with Gasteiger partial charge in [-0.05, 0) is 24.3 Å². The van der Waals surface area contributed by atoms with Crippen molar-refractivity contribution in [2.75, 3.05) is 6.61 Å². The first-order valence-electron chi connectivity index (χ1n) is 8.02. The Labute approximate surface area is 148 Å². The summed E-state index contributed by atoms with van der Waals surface area (Å²) in [6, 6.07) is 18.7. The van der Waals surface area contributed by atoms with Gasteiger partial charge in [-0.25, -0.2) is 4.57 Å². The second-order valence-electron chi connectivity index (χ2n) is 5.48. The highest BCUT2D eigenvalue weighted by Crippen LogP contribution is 2.18. The summed E-state index contributed by atoms with van der Waals surface area (Å²) in [5, 5.41) is 8.14. The zero-order valence-corrected chi connectivity index (χ0v) is 13.8. The molecule has 0 spiro atoms. The van der Waals surface area contributed by atoms with Crippen LogP contribution in [0.2, 0.25) is 0 Å². The fourth-order valence-electron chi connectivity index (χ4n) is 2.63. The molecular formula is C19H15N5O2. The van der Waals surface area contributed by atoms with Gasteiger partial charge < -0.3 is 4.74 Å². The van der Waals surface area contributed by atoms with Crippen LogP contribution in [0.3, 0.4) is 0 Å². The summed E-state index contributed by atoms with van der Waals surface area (Å²) in [6.45, 7) is 3.87. The van der Waals surface area contributed by atoms with E-state index >= 15 is 0 Å². The first kappa shape index (κ1) is 15.8. The van der Waals surface area contributed by atoms with Crippen molar-refractivity contribution >= 4 is 11.2 Å². The molecular weight excluding hydrogens is 330 g/mol. The van der Waals surface area contributed by atoms with Crippen LogP contribution in [0.15, 0.2) is 78.1 Å². The van der Waals surface area contributed by atoms with E-state index in [0.717, 1.165) is 5.69 Å². The van der Waals surface area contributed by atoms with Gasteiger partial charge in [0.25, 0.3) is 5.56 Å². The quantitative estimate of drug-likeness (QED) is 0.520. The molecule has 0 aliphatic heterocycles. The van der Waals surface area contributed by atoms with Gasteiger partial charge in [-0.15, -0.1) is 5.10 Å². The van der Waals surface area contributed by atoms with Crippen molar-refractivity contribution < 1.29 is 4.74 Å². The molecule has 0 N–H and O–H groups in total. The Morgan fingerprint density at radius 1 is 1.00 bits per heavy atom. The lowest BCUT2D eigenvalue weighted by atomic mass is 10.3. The molecule has 2 heterocycles. The molecule has 0 fully saturated rings. The van der Waals surface area contributed by atoms with Crippen LogP contribution in [0.4, 0.5) is 0 Å². The van der Waals surface area contributed by atoms with Crippen LogP contribution in [0.25, 0.3) is 22.5 Å². The SMILES string of the molecule is C=CCOc1nc2c(nnn2-c2ccccc2)c(=O)n1-c1ccccc1. The normalized spacial score (nSPS) is 10.8. The standard InChI is InChI=1S/C19H15N5O2/c1-2-13-26-19-20-17-16(18(25)23(19)14-9-5-3-6-10-14)21-22-24(17)15-11-7-4-8-12-15/h2-12H,1,13H2. The van der Waals surface area contributed by atoms with Gasteiger partial charge in [-0.1, -0.05) is 54.3 Å². The van der Waals surface area contributed by atoms with Crippen LogP contribution < -0.4 is 10.3 Å². The summed E-state index contributed by atoms with van der Waals surface area (Å²) in [7, 11) is 0. The summed E-state index contributed by atoms with van der Waals surface area (Å²) in [6.07, 6.45) is 1.60. The van der Waals surface area contributed by atoms with Gasteiger partial charge in [0.15, 0.2) is 11.2 Å². The summed E-state index contributed by atoms with van der Waals surface area (Å²) in [5.74, 6) is 0. The molecule has 0 radical (unpaired) electrons. The number of nitrogens with zero attached hydrogens (tertiary/aromatic N) is 5. The number of benzene rings is 2. The number of ether oxygens (including phenoxy) is 1. The predicted molar refractivity (Wildman–Crippen MR) is 97.9 cm³/mol. The van der Waals surface area contributed by atoms with E-state index in [4.69, 9.17) is 4.74 Å². The first-order valence-corrected chi connectivity index (χ1v) is 8.02. The number of fused-ring (bicyclic) bond motifs is 1. The molecule has 2 aromatic carbocycles. The molecule has 0 aliphatic carbocycles. The number of rotatable bonds is 5. The minimum absolute atomic E-state index is 0.160. The number of hydrogen-bond acceptors (Lipinski definition) is 5. The maximum atomic E-state index is 13.1. The molecule has 128 valence electrons. The van der Waals surface area contributed by atoms with Gasteiger partial charge in [0.1, 0.15) is 6.61 Å². The molecule has 0 atom stereocenters. The molecule has 0 bridgehead atoms. The van der Waals surface area contributed by atoms with Crippen LogP contribution in [0, 0.1) is 0 Å². The zero-order chi connectivity index (χ0) is 17.9. The topological polar surface area (TPSA) is 74.8 Å². The monoisotopic (exact) mass is 345 g/mol. The van der Waals surface area contributed by atoms with Crippen LogP contribution in [-0.4, -0.2) is 31.2 Å². The summed E-state index contributed by atoms with van der Waals surface area (Å²) in [4.78, 5) is 17.6. The fraction of sp³-hybridized carbons (Fsp3) is 0.0526. The van der Waals surface area contributed by atoms with Crippen LogP contribution in [0.1, 0.15) is 0 Å². The van der Waals surface area contributed by atoms with Crippen molar-refractivity contribution in [2.45, 2.75) is 0 Å². The van der Waals surface area contributed by atoms with E-state index in [1.807, 2.05) is 48.5 Å². The Morgan fingerprint density at radius 3 is 2.31 bits per heavy atom. The third-order valence-corrected chi connectivity index (χ3v) is 3.79. The molecule has 0 amide bonds. The van der Waals surface area contributed by atoms with Crippen LogP contribution >= 0.6 is 0 Å². The van der Waals surface area contributed by atoms with E-state index in [1.54, 1.807) is 18.2 Å². The van der Waals surface area contributed by atoms with E-state index in [1.165, 1.54) is 9.25 Å². The van der Waals surface area contributed by atoms with Crippen LogP contribution in [-0.2, 0) is 0 Å². The Hall–Kier alpha value is -3.74. The number of para-hydroxylation sites is 2. The summed E-state index contributed by atoms with van der Waals surface area (Å²) in [5.41, 5.74) is 1.56.